The van der Waals surface area contributed by atoms with E-state index < -0.39 is 0 Å². The van der Waals surface area contributed by atoms with E-state index in [4.69, 9.17) is 4.74 Å². The van der Waals surface area contributed by atoms with Crippen LogP contribution in [0.5, 0.6) is 5.75 Å². The van der Waals surface area contributed by atoms with Crippen molar-refractivity contribution >= 4 is 5.69 Å². The average molecular weight is 273 g/mol. The van der Waals surface area contributed by atoms with Crippen LogP contribution in [-0.4, -0.2) is 16.4 Å². The summed E-state index contributed by atoms with van der Waals surface area (Å²) in [5, 5.41) is 7.72. The lowest BCUT2D eigenvalue weighted by Gasteiger charge is -2.10. The number of ether oxygens (including phenoxy) is 1. The summed E-state index contributed by atoms with van der Waals surface area (Å²) in [7, 11) is 1.93. The van der Waals surface area contributed by atoms with E-state index in [1.54, 1.807) is 0 Å². The van der Waals surface area contributed by atoms with Gasteiger partial charge in [-0.05, 0) is 30.5 Å². The van der Waals surface area contributed by atoms with E-state index in [2.05, 4.69) is 36.4 Å². The maximum absolute atomic E-state index is 5.74. The Morgan fingerprint density at radius 2 is 2.15 bits per heavy atom. The summed E-state index contributed by atoms with van der Waals surface area (Å²) in [6.45, 7) is 7.82. The number of rotatable bonds is 6. The second-order valence-corrected chi connectivity index (χ2v) is 5.51. The van der Waals surface area contributed by atoms with Crippen LogP contribution < -0.4 is 10.1 Å². The first-order valence-corrected chi connectivity index (χ1v) is 7.00. The summed E-state index contributed by atoms with van der Waals surface area (Å²) < 4.78 is 7.56. The van der Waals surface area contributed by atoms with Crippen molar-refractivity contribution in [3.63, 3.8) is 0 Å². The minimum absolute atomic E-state index is 0.537. The van der Waals surface area contributed by atoms with Crippen molar-refractivity contribution in [2.24, 2.45) is 13.0 Å². The van der Waals surface area contributed by atoms with Crippen LogP contribution in [0.4, 0.5) is 5.69 Å². The molecule has 0 spiro atoms. The van der Waals surface area contributed by atoms with Crippen LogP contribution in [0.15, 0.2) is 30.5 Å². The third-order valence-corrected chi connectivity index (χ3v) is 2.98. The smallest absolute Gasteiger partial charge is 0.119 e. The molecular formula is C16H23N3O. The van der Waals surface area contributed by atoms with Crippen LogP contribution >= 0.6 is 0 Å². The molecule has 0 aliphatic carbocycles. The molecule has 4 nitrogen and oxygen atoms in total. The summed E-state index contributed by atoms with van der Waals surface area (Å²) in [4.78, 5) is 0. The summed E-state index contributed by atoms with van der Waals surface area (Å²) >= 11 is 0. The highest BCUT2D eigenvalue weighted by Crippen LogP contribution is 2.17. The van der Waals surface area contributed by atoms with E-state index in [9.17, 15) is 0 Å². The molecule has 2 rings (SSSR count). The first-order valence-electron chi connectivity index (χ1n) is 7.00. The predicted octanol–water partition coefficient (Wildman–Crippen LogP) is 3.38. The minimum Gasteiger partial charge on any atom is -0.493 e. The first-order chi connectivity index (χ1) is 9.54. The largest absolute Gasteiger partial charge is 0.493 e. The lowest BCUT2D eigenvalue weighted by Crippen LogP contribution is -2.05. The molecule has 1 aromatic carbocycles. The molecule has 0 bridgehead atoms. The third kappa shape index (κ3) is 4.02. The van der Waals surface area contributed by atoms with E-state index >= 15 is 0 Å². The number of anilines is 1. The van der Waals surface area contributed by atoms with Crippen LogP contribution in [-0.2, 0) is 13.6 Å². The van der Waals surface area contributed by atoms with Gasteiger partial charge in [0.2, 0.25) is 0 Å². The highest BCUT2D eigenvalue weighted by atomic mass is 16.5. The fourth-order valence-electron chi connectivity index (χ4n) is 1.98. The van der Waals surface area contributed by atoms with E-state index in [0.717, 1.165) is 30.3 Å². The Hall–Kier alpha value is -1.97. The van der Waals surface area contributed by atoms with Crippen LogP contribution in [0, 0.1) is 12.8 Å². The molecule has 4 heteroatoms. The number of nitrogens with one attached hydrogen (secondary N) is 1. The topological polar surface area (TPSA) is 39.1 Å². The normalized spacial score (nSPS) is 10.8. The zero-order chi connectivity index (χ0) is 14.5. The summed E-state index contributed by atoms with van der Waals surface area (Å²) in [5.74, 6) is 1.47. The maximum Gasteiger partial charge on any atom is 0.119 e. The first kappa shape index (κ1) is 14.4. The summed E-state index contributed by atoms with van der Waals surface area (Å²) in [6, 6.07) is 8.21. The fraction of sp³-hybridized carbons (Fsp3) is 0.438. The van der Waals surface area contributed by atoms with Gasteiger partial charge in [0.05, 0.1) is 18.0 Å². The number of nitrogens with zero attached hydrogens (tertiary/aromatic N) is 2. The highest BCUT2D eigenvalue weighted by molar-refractivity contribution is 5.46. The van der Waals surface area contributed by atoms with Crippen molar-refractivity contribution in [1.29, 1.82) is 0 Å². The van der Waals surface area contributed by atoms with Gasteiger partial charge >= 0.3 is 0 Å². The van der Waals surface area contributed by atoms with Gasteiger partial charge in [0.15, 0.2) is 0 Å². The predicted molar refractivity (Wildman–Crippen MR) is 82.0 cm³/mol. The molecule has 2 aromatic rings. The molecule has 1 N–H and O–H groups in total. The standard InChI is InChI=1S/C16H23N3O/c1-12(2)11-20-15-7-5-6-14(8-15)9-17-16-10-19(4)18-13(16)3/h5-8,10,12,17H,9,11H2,1-4H3. The zero-order valence-electron chi connectivity index (χ0n) is 12.7. The Kier molecular flexibility index (Phi) is 4.66. The summed E-state index contributed by atoms with van der Waals surface area (Å²) in [6.07, 6.45) is 1.99. The molecule has 108 valence electrons. The molecule has 0 atom stereocenters. The van der Waals surface area contributed by atoms with Gasteiger partial charge in [-0.1, -0.05) is 26.0 Å². The van der Waals surface area contributed by atoms with E-state index in [1.807, 2.05) is 37.0 Å². The Balaban J connectivity index is 1.96. The highest BCUT2D eigenvalue weighted by Gasteiger charge is 2.03. The van der Waals surface area contributed by atoms with Gasteiger partial charge in [-0.3, -0.25) is 4.68 Å². The maximum atomic E-state index is 5.74. The lowest BCUT2D eigenvalue weighted by molar-refractivity contribution is 0.271. The molecule has 1 heterocycles. The van der Waals surface area contributed by atoms with Gasteiger partial charge in [-0.25, -0.2) is 0 Å². The second kappa shape index (κ2) is 6.46. The van der Waals surface area contributed by atoms with E-state index in [0.29, 0.717) is 5.92 Å². The van der Waals surface area contributed by atoms with Crippen LogP contribution in [0.1, 0.15) is 25.1 Å². The van der Waals surface area contributed by atoms with Crippen molar-refractivity contribution in [1.82, 2.24) is 9.78 Å². The van der Waals surface area contributed by atoms with Gasteiger partial charge in [0.25, 0.3) is 0 Å². The molecule has 0 aliphatic heterocycles. The van der Waals surface area contributed by atoms with E-state index in [-0.39, 0.29) is 0 Å². The lowest BCUT2D eigenvalue weighted by atomic mass is 10.2. The molecule has 0 amide bonds. The van der Waals surface area contributed by atoms with Crippen molar-refractivity contribution in [3.8, 4) is 5.75 Å². The quantitative estimate of drug-likeness (QED) is 0.877. The summed E-state index contributed by atoms with van der Waals surface area (Å²) in [5.41, 5.74) is 3.29. The third-order valence-electron chi connectivity index (χ3n) is 2.98. The molecular weight excluding hydrogens is 250 g/mol. The Morgan fingerprint density at radius 1 is 1.35 bits per heavy atom. The van der Waals surface area contributed by atoms with Crippen molar-refractivity contribution < 1.29 is 4.74 Å². The van der Waals surface area contributed by atoms with Gasteiger partial charge in [0, 0.05) is 19.8 Å². The van der Waals surface area contributed by atoms with Gasteiger partial charge in [0.1, 0.15) is 5.75 Å². The SMILES string of the molecule is Cc1nn(C)cc1NCc1cccc(OCC(C)C)c1. The molecule has 0 saturated heterocycles. The van der Waals surface area contributed by atoms with Crippen LogP contribution in [0.25, 0.3) is 0 Å². The Labute approximate surface area is 120 Å². The minimum atomic E-state index is 0.537. The van der Waals surface area contributed by atoms with Gasteiger partial charge < -0.3 is 10.1 Å². The van der Waals surface area contributed by atoms with Crippen molar-refractivity contribution in [3.05, 3.63) is 41.7 Å². The van der Waals surface area contributed by atoms with Crippen LogP contribution in [0.2, 0.25) is 0 Å². The Bertz CT molecular complexity index is 561. The molecule has 0 aliphatic rings. The number of hydrogen-bond donors (Lipinski definition) is 1. The van der Waals surface area contributed by atoms with Crippen molar-refractivity contribution in [2.75, 3.05) is 11.9 Å². The molecule has 0 saturated carbocycles. The molecule has 0 fully saturated rings. The number of aryl methyl sites for hydroxylation is 2. The fourth-order valence-corrected chi connectivity index (χ4v) is 1.98. The molecule has 1 aromatic heterocycles. The Morgan fingerprint density at radius 3 is 2.80 bits per heavy atom. The molecule has 0 unspecified atom stereocenters. The second-order valence-electron chi connectivity index (χ2n) is 5.51. The van der Waals surface area contributed by atoms with Crippen LogP contribution in [0.3, 0.4) is 0 Å². The average Bonchev–Trinajstić information content (AvgIpc) is 2.73. The van der Waals surface area contributed by atoms with E-state index in [1.165, 1.54) is 5.56 Å². The number of benzene rings is 1. The monoisotopic (exact) mass is 273 g/mol. The molecule has 0 radical (unpaired) electrons. The van der Waals surface area contributed by atoms with Gasteiger partial charge in [-0.15, -0.1) is 0 Å². The number of hydrogen-bond acceptors (Lipinski definition) is 3. The number of aromatic nitrogens is 2. The zero-order valence-corrected chi connectivity index (χ0v) is 12.7. The van der Waals surface area contributed by atoms with Gasteiger partial charge in [-0.2, -0.15) is 5.10 Å². The molecule has 20 heavy (non-hydrogen) atoms. The van der Waals surface area contributed by atoms with Crippen molar-refractivity contribution in [2.45, 2.75) is 27.3 Å².